The van der Waals surface area contributed by atoms with E-state index in [9.17, 15) is 24.6 Å². The van der Waals surface area contributed by atoms with E-state index in [2.05, 4.69) is 5.32 Å². The second kappa shape index (κ2) is 10.8. The van der Waals surface area contributed by atoms with E-state index in [1.165, 1.54) is 10.6 Å². The Bertz CT molecular complexity index is 1380. The number of Topliss-reactive ketones (excluding diaryl/α,β-unsaturated/α-hetero) is 1. The second-order valence-electron chi connectivity index (χ2n) is 9.96. The van der Waals surface area contributed by atoms with Gasteiger partial charge in [-0.1, -0.05) is 37.6 Å². The molecule has 37 heavy (non-hydrogen) atoms. The predicted molar refractivity (Wildman–Crippen MR) is 145 cm³/mol. The number of fused-ring (bicyclic) bond motifs is 1. The van der Waals surface area contributed by atoms with E-state index in [4.69, 9.17) is 11.6 Å². The SMILES string of the molecule is CSc1ccc([C@@H](O)[C@@H](CO)NC(=O)c2cc3c(n(-c4ccc(Cl)cc4)c2=O)CC(C)(C)CC3=O)cc1. The number of carbonyl (C=O) groups is 2. The number of nitrogens with one attached hydrogen (secondary N) is 1. The van der Waals surface area contributed by atoms with E-state index >= 15 is 0 Å². The van der Waals surface area contributed by atoms with Gasteiger partial charge in [0, 0.05) is 33.3 Å². The summed E-state index contributed by atoms with van der Waals surface area (Å²) < 4.78 is 1.39. The van der Waals surface area contributed by atoms with Crippen molar-refractivity contribution in [3.63, 3.8) is 0 Å². The van der Waals surface area contributed by atoms with Crippen molar-refractivity contribution in [2.75, 3.05) is 12.9 Å². The average molecular weight is 541 g/mol. The second-order valence-corrected chi connectivity index (χ2v) is 11.3. The van der Waals surface area contributed by atoms with Gasteiger partial charge in [-0.25, -0.2) is 0 Å². The molecule has 2 aromatic carbocycles. The van der Waals surface area contributed by atoms with Crippen LogP contribution in [0.1, 0.15) is 58.3 Å². The summed E-state index contributed by atoms with van der Waals surface area (Å²) in [5.41, 5.74) is 0.652. The standard InChI is InChI=1S/C28H29ClN2O5S/c1-28(2)13-23-20(24(33)14-28)12-21(27(36)31(23)18-8-6-17(29)7-9-18)26(35)30-22(15-32)25(34)16-4-10-19(37-3)11-5-16/h4-12,22,25,32,34H,13-15H2,1-3H3,(H,30,35)/t22-,25-/m1/s1. The summed E-state index contributed by atoms with van der Waals surface area (Å²) in [4.78, 5) is 41.1. The van der Waals surface area contributed by atoms with Crippen LogP contribution in [-0.2, 0) is 6.42 Å². The maximum Gasteiger partial charge on any atom is 0.268 e. The molecule has 9 heteroatoms. The molecule has 1 amide bonds. The molecule has 1 aromatic heterocycles. The lowest BCUT2D eigenvalue weighted by molar-refractivity contribution is 0.0701. The van der Waals surface area contributed by atoms with Crippen LogP contribution in [-0.4, -0.2) is 45.4 Å². The van der Waals surface area contributed by atoms with Gasteiger partial charge in [-0.05, 0) is 66.1 Å². The molecule has 4 rings (SSSR count). The van der Waals surface area contributed by atoms with Gasteiger partial charge in [0.2, 0.25) is 0 Å². The fraction of sp³-hybridized carbons (Fsp3) is 0.321. The minimum Gasteiger partial charge on any atom is -0.394 e. The summed E-state index contributed by atoms with van der Waals surface area (Å²) >= 11 is 7.60. The number of hydrogen-bond acceptors (Lipinski definition) is 6. The maximum absolute atomic E-state index is 13.7. The summed E-state index contributed by atoms with van der Waals surface area (Å²) in [5, 5.41) is 23.8. The molecule has 0 bridgehead atoms. The van der Waals surface area contributed by atoms with E-state index < -0.39 is 30.2 Å². The minimum absolute atomic E-state index is 0.157. The molecule has 0 fully saturated rings. The van der Waals surface area contributed by atoms with Gasteiger partial charge in [0.1, 0.15) is 11.7 Å². The number of amides is 1. The summed E-state index contributed by atoms with van der Waals surface area (Å²) in [6.07, 6.45) is 1.48. The number of aliphatic hydroxyl groups excluding tert-OH is 2. The Morgan fingerprint density at radius 2 is 1.76 bits per heavy atom. The molecule has 2 atom stereocenters. The van der Waals surface area contributed by atoms with Crippen molar-refractivity contribution in [2.45, 2.75) is 43.7 Å². The Balaban J connectivity index is 1.75. The van der Waals surface area contributed by atoms with E-state index in [1.807, 2.05) is 32.2 Å². The Morgan fingerprint density at radius 3 is 2.35 bits per heavy atom. The first-order chi connectivity index (χ1) is 17.5. The lowest BCUT2D eigenvalue weighted by atomic mass is 9.75. The van der Waals surface area contributed by atoms with Crippen LogP contribution < -0.4 is 10.9 Å². The number of pyridine rings is 1. The summed E-state index contributed by atoms with van der Waals surface area (Å²) in [5.74, 6) is -0.942. The first-order valence-electron chi connectivity index (χ1n) is 11.9. The zero-order valence-corrected chi connectivity index (χ0v) is 22.4. The Kier molecular flexibility index (Phi) is 7.94. The van der Waals surface area contributed by atoms with Crippen molar-refractivity contribution in [2.24, 2.45) is 5.41 Å². The highest BCUT2D eigenvalue weighted by molar-refractivity contribution is 7.98. The number of halogens is 1. The zero-order valence-electron chi connectivity index (χ0n) is 20.8. The molecule has 1 heterocycles. The van der Waals surface area contributed by atoms with Gasteiger partial charge < -0.3 is 15.5 Å². The molecule has 1 aliphatic carbocycles. The normalized spacial score (nSPS) is 16.1. The van der Waals surface area contributed by atoms with Crippen LogP contribution in [0.2, 0.25) is 5.02 Å². The summed E-state index contributed by atoms with van der Waals surface area (Å²) in [7, 11) is 0. The van der Waals surface area contributed by atoms with Gasteiger partial charge in [-0.2, -0.15) is 0 Å². The number of ketones is 1. The number of rotatable bonds is 7. The molecule has 194 valence electrons. The fourth-order valence-electron chi connectivity index (χ4n) is 4.64. The number of aliphatic hydroxyl groups is 2. The Morgan fingerprint density at radius 1 is 1.11 bits per heavy atom. The van der Waals surface area contributed by atoms with Crippen molar-refractivity contribution in [3.05, 3.63) is 92.4 Å². The smallest absolute Gasteiger partial charge is 0.268 e. The van der Waals surface area contributed by atoms with Crippen LogP contribution in [0.4, 0.5) is 0 Å². The number of hydrogen-bond donors (Lipinski definition) is 3. The minimum atomic E-state index is -1.21. The molecule has 0 radical (unpaired) electrons. The third-order valence-electron chi connectivity index (χ3n) is 6.57. The molecule has 0 unspecified atom stereocenters. The van der Waals surface area contributed by atoms with Crippen LogP contribution in [0.3, 0.4) is 0 Å². The predicted octanol–water partition coefficient (Wildman–Crippen LogP) is 4.19. The van der Waals surface area contributed by atoms with Crippen LogP contribution >= 0.6 is 23.4 Å². The molecular formula is C28H29ClN2O5S. The van der Waals surface area contributed by atoms with Gasteiger partial charge in [0.15, 0.2) is 5.78 Å². The van der Waals surface area contributed by atoms with E-state index in [-0.39, 0.29) is 23.2 Å². The van der Waals surface area contributed by atoms with Crippen molar-refractivity contribution in [1.82, 2.24) is 9.88 Å². The van der Waals surface area contributed by atoms with Gasteiger partial charge in [-0.3, -0.25) is 19.0 Å². The summed E-state index contributed by atoms with van der Waals surface area (Å²) in [6.45, 7) is 3.37. The maximum atomic E-state index is 13.7. The highest BCUT2D eigenvalue weighted by Crippen LogP contribution is 2.35. The average Bonchev–Trinajstić information content (AvgIpc) is 2.86. The van der Waals surface area contributed by atoms with Crippen LogP contribution in [0.5, 0.6) is 0 Å². The van der Waals surface area contributed by atoms with E-state index in [0.717, 1.165) is 4.90 Å². The Hall–Kier alpha value is -2.91. The zero-order chi connectivity index (χ0) is 26.9. The number of benzene rings is 2. The summed E-state index contributed by atoms with van der Waals surface area (Å²) in [6, 6.07) is 14.0. The van der Waals surface area contributed by atoms with Crippen molar-refractivity contribution < 1.29 is 19.8 Å². The topological polar surface area (TPSA) is 109 Å². The number of nitrogens with zero attached hydrogens (tertiary/aromatic N) is 1. The highest BCUT2D eigenvalue weighted by atomic mass is 35.5. The molecule has 0 saturated carbocycles. The van der Waals surface area contributed by atoms with Crippen molar-refractivity contribution >= 4 is 35.1 Å². The molecule has 3 N–H and O–H groups in total. The lowest BCUT2D eigenvalue weighted by Gasteiger charge is -2.32. The number of aromatic nitrogens is 1. The Labute approximate surface area is 224 Å². The van der Waals surface area contributed by atoms with Gasteiger partial charge >= 0.3 is 0 Å². The third kappa shape index (κ3) is 5.67. The van der Waals surface area contributed by atoms with Gasteiger partial charge in [0.05, 0.1) is 12.6 Å². The molecule has 1 aliphatic rings. The first-order valence-corrected chi connectivity index (χ1v) is 13.5. The highest BCUT2D eigenvalue weighted by Gasteiger charge is 2.35. The molecule has 3 aromatic rings. The molecule has 0 spiro atoms. The molecule has 0 aliphatic heterocycles. The number of thioether (sulfide) groups is 1. The molecule has 7 nitrogen and oxygen atoms in total. The van der Waals surface area contributed by atoms with E-state index in [1.54, 1.807) is 48.2 Å². The fourth-order valence-corrected chi connectivity index (χ4v) is 5.18. The quantitative estimate of drug-likeness (QED) is 0.388. The third-order valence-corrected chi connectivity index (χ3v) is 7.57. The van der Waals surface area contributed by atoms with Gasteiger partial charge in [0.25, 0.3) is 11.5 Å². The van der Waals surface area contributed by atoms with Crippen LogP contribution in [0.25, 0.3) is 5.69 Å². The molecule has 0 saturated heterocycles. The number of carbonyl (C=O) groups excluding carboxylic acids is 2. The van der Waals surface area contributed by atoms with Crippen molar-refractivity contribution in [3.8, 4) is 5.69 Å². The lowest BCUT2D eigenvalue weighted by Crippen LogP contribution is -2.45. The van der Waals surface area contributed by atoms with E-state index in [0.29, 0.717) is 34.0 Å². The largest absolute Gasteiger partial charge is 0.394 e. The van der Waals surface area contributed by atoms with Crippen LogP contribution in [0, 0.1) is 5.41 Å². The van der Waals surface area contributed by atoms with Crippen LogP contribution in [0.15, 0.2) is 64.3 Å². The monoisotopic (exact) mass is 540 g/mol. The molecular weight excluding hydrogens is 512 g/mol. The van der Waals surface area contributed by atoms with Gasteiger partial charge in [-0.15, -0.1) is 11.8 Å². The van der Waals surface area contributed by atoms with Crippen molar-refractivity contribution in [1.29, 1.82) is 0 Å². The first kappa shape index (κ1) is 27.1.